The maximum Gasteiger partial charge on any atom is 0.269 e. The number of nitrogens with zero attached hydrogens (tertiary/aromatic N) is 5. The first-order valence-corrected chi connectivity index (χ1v) is 11.4. The third-order valence-electron chi connectivity index (χ3n) is 6.52. The number of aromatic nitrogens is 2. The number of hydrogen-bond acceptors (Lipinski definition) is 5. The molecule has 1 aromatic carbocycles. The van der Waals surface area contributed by atoms with Crippen molar-refractivity contribution in [1.29, 1.82) is 0 Å². The van der Waals surface area contributed by atoms with Crippen molar-refractivity contribution in [2.24, 2.45) is 5.92 Å². The van der Waals surface area contributed by atoms with Gasteiger partial charge in [0.1, 0.15) is 0 Å². The van der Waals surface area contributed by atoms with Crippen LogP contribution >= 0.6 is 0 Å². The predicted octanol–water partition coefficient (Wildman–Crippen LogP) is 2.06. The minimum absolute atomic E-state index is 0.00824. The molecule has 0 radical (unpaired) electrons. The minimum atomic E-state index is -0.111. The number of piperidine rings is 1. The number of piperazine rings is 1. The fraction of sp³-hybridized carbons (Fsp3) is 0.542. The highest BCUT2D eigenvalue weighted by Crippen LogP contribution is 2.24. The van der Waals surface area contributed by atoms with Gasteiger partial charge in [-0.05, 0) is 32.3 Å². The molecule has 1 unspecified atom stereocenters. The molecule has 2 aliphatic heterocycles. The molecule has 166 valence electrons. The zero-order chi connectivity index (χ0) is 21.8. The van der Waals surface area contributed by atoms with Crippen molar-refractivity contribution < 1.29 is 4.79 Å². The van der Waals surface area contributed by atoms with Crippen molar-refractivity contribution in [2.75, 3.05) is 44.2 Å². The third kappa shape index (κ3) is 5.15. The summed E-state index contributed by atoms with van der Waals surface area (Å²) in [5, 5.41) is 4.39. The Morgan fingerprint density at radius 1 is 1.10 bits per heavy atom. The number of carbonyl (C=O) groups is 1. The van der Waals surface area contributed by atoms with Gasteiger partial charge in [-0.1, -0.05) is 30.3 Å². The van der Waals surface area contributed by atoms with E-state index in [4.69, 9.17) is 0 Å². The van der Waals surface area contributed by atoms with Crippen LogP contribution in [-0.2, 0) is 11.3 Å². The van der Waals surface area contributed by atoms with Crippen LogP contribution in [0.15, 0.2) is 47.4 Å². The highest BCUT2D eigenvalue weighted by molar-refractivity contribution is 5.80. The molecule has 3 heterocycles. The molecule has 2 fully saturated rings. The van der Waals surface area contributed by atoms with Crippen LogP contribution in [-0.4, -0.2) is 70.8 Å². The third-order valence-corrected chi connectivity index (χ3v) is 6.52. The van der Waals surface area contributed by atoms with Crippen LogP contribution in [0.3, 0.4) is 0 Å². The molecular weight excluding hydrogens is 390 g/mol. The molecular formula is C24H33N5O2. The number of benzene rings is 1. The molecule has 0 spiro atoms. The molecule has 0 saturated carbocycles. The lowest BCUT2D eigenvalue weighted by Gasteiger charge is -2.40. The van der Waals surface area contributed by atoms with E-state index in [0.29, 0.717) is 19.1 Å². The summed E-state index contributed by atoms with van der Waals surface area (Å²) in [6, 6.07) is 12.0. The zero-order valence-corrected chi connectivity index (χ0v) is 18.6. The van der Waals surface area contributed by atoms with Gasteiger partial charge in [0, 0.05) is 51.4 Å². The van der Waals surface area contributed by atoms with E-state index in [1.54, 1.807) is 12.3 Å². The van der Waals surface area contributed by atoms with E-state index in [1.807, 2.05) is 35.2 Å². The van der Waals surface area contributed by atoms with E-state index < -0.39 is 0 Å². The summed E-state index contributed by atoms with van der Waals surface area (Å²) >= 11 is 0. The van der Waals surface area contributed by atoms with Crippen LogP contribution in [0.2, 0.25) is 0 Å². The molecule has 7 heteroatoms. The Morgan fingerprint density at radius 2 is 1.84 bits per heavy atom. The average Bonchev–Trinajstić information content (AvgIpc) is 2.81. The van der Waals surface area contributed by atoms with Crippen molar-refractivity contribution in [3.05, 3.63) is 58.5 Å². The highest BCUT2D eigenvalue weighted by Gasteiger charge is 2.31. The van der Waals surface area contributed by atoms with Crippen molar-refractivity contribution in [3.63, 3.8) is 0 Å². The minimum Gasteiger partial charge on any atom is -0.369 e. The van der Waals surface area contributed by atoms with Crippen molar-refractivity contribution in [3.8, 4) is 0 Å². The maximum atomic E-state index is 13.1. The molecule has 7 nitrogen and oxygen atoms in total. The standard InChI is InChI=1S/C24H33N5O2/c1-19(2)26-11-13-27(14-12-26)24(31)21-9-6-10-28(18-21)22-15-23(30)29(25-16-22)17-20-7-4-3-5-8-20/h3-5,7-8,15-16,19,21H,6,9-14,17-18H2,1-2H3. The first-order valence-electron chi connectivity index (χ1n) is 11.4. The summed E-state index contributed by atoms with van der Waals surface area (Å²) in [4.78, 5) is 32.4. The summed E-state index contributed by atoms with van der Waals surface area (Å²) in [5.74, 6) is 0.254. The molecule has 4 rings (SSSR count). The zero-order valence-electron chi connectivity index (χ0n) is 18.6. The van der Waals surface area contributed by atoms with Gasteiger partial charge in [0.2, 0.25) is 5.91 Å². The monoisotopic (exact) mass is 423 g/mol. The van der Waals surface area contributed by atoms with Gasteiger partial charge >= 0.3 is 0 Å². The summed E-state index contributed by atoms with van der Waals surface area (Å²) in [6.07, 6.45) is 3.63. The average molecular weight is 424 g/mol. The van der Waals surface area contributed by atoms with Crippen LogP contribution in [0.5, 0.6) is 0 Å². The van der Waals surface area contributed by atoms with Gasteiger partial charge in [-0.25, -0.2) is 4.68 Å². The highest BCUT2D eigenvalue weighted by atomic mass is 16.2. The molecule has 2 saturated heterocycles. The second kappa shape index (κ2) is 9.64. The fourth-order valence-electron chi connectivity index (χ4n) is 4.60. The molecule has 0 N–H and O–H groups in total. The number of rotatable bonds is 5. The molecule has 2 aliphatic rings. The molecule has 1 aromatic heterocycles. The number of hydrogen-bond donors (Lipinski definition) is 0. The lowest BCUT2D eigenvalue weighted by Crippen LogP contribution is -2.53. The Labute approximate surface area is 184 Å². The van der Waals surface area contributed by atoms with Gasteiger partial charge in [0.05, 0.1) is 24.3 Å². The second-order valence-electron chi connectivity index (χ2n) is 8.94. The van der Waals surface area contributed by atoms with Gasteiger partial charge in [-0.2, -0.15) is 5.10 Å². The first kappa shape index (κ1) is 21.6. The maximum absolute atomic E-state index is 13.1. The summed E-state index contributed by atoms with van der Waals surface area (Å²) in [5.41, 5.74) is 1.75. The van der Waals surface area contributed by atoms with E-state index in [2.05, 4.69) is 28.7 Å². The van der Waals surface area contributed by atoms with Crippen LogP contribution in [0.25, 0.3) is 0 Å². The Kier molecular flexibility index (Phi) is 6.70. The summed E-state index contributed by atoms with van der Waals surface area (Å²) < 4.78 is 1.49. The lowest BCUT2D eigenvalue weighted by molar-refractivity contribution is -0.137. The van der Waals surface area contributed by atoms with E-state index >= 15 is 0 Å². The Hall–Kier alpha value is -2.67. The predicted molar refractivity (Wildman–Crippen MR) is 122 cm³/mol. The molecule has 0 bridgehead atoms. The summed E-state index contributed by atoms with van der Waals surface area (Å²) in [6.45, 7) is 9.91. The first-order chi connectivity index (χ1) is 15.0. The van der Waals surface area contributed by atoms with Gasteiger partial charge in [0.25, 0.3) is 5.56 Å². The lowest BCUT2D eigenvalue weighted by atomic mass is 9.96. The molecule has 31 heavy (non-hydrogen) atoms. The number of amides is 1. The molecule has 1 atom stereocenters. The van der Waals surface area contributed by atoms with Crippen molar-refractivity contribution in [1.82, 2.24) is 19.6 Å². The topological polar surface area (TPSA) is 61.7 Å². The van der Waals surface area contributed by atoms with E-state index in [0.717, 1.165) is 56.8 Å². The fourth-order valence-corrected chi connectivity index (χ4v) is 4.60. The Balaban J connectivity index is 1.39. The largest absolute Gasteiger partial charge is 0.369 e. The van der Waals surface area contributed by atoms with Crippen molar-refractivity contribution >= 4 is 11.6 Å². The van der Waals surface area contributed by atoms with Gasteiger partial charge in [-0.3, -0.25) is 14.5 Å². The van der Waals surface area contributed by atoms with Gasteiger partial charge < -0.3 is 9.80 Å². The summed E-state index contributed by atoms with van der Waals surface area (Å²) in [7, 11) is 0. The second-order valence-corrected chi connectivity index (χ2v) is 8.94. The Morgan fingerprint density at radius 3 is 2.52 bits per heavy atom. The quantitative estimate of drug-likeness (QED) is 0.737. The van der Waals surface area contributed by atoms with Gasteiger partial charge in [0.15, 0.2) is 0 Å². The van der Waals surface area contributed by atoms with Crippen LogP contribution in [0, 0.1) is 5.92 Å². The van der Waals surface area contributed by atoms with Crippen LogP contribution < -0.4 is 10.5 Å². The number of anilines is 1. The molecule has 1 amide bonds. The van der Waals surface area contributed by atoms with E-state index in [1.165, 1.54) is 4.68 Å². The van der Waals surface area contributed by atoms with E-state index in [9.17, 15) is 9.59 Å². The SMILES string of the molecule is CC(C)N1CCN(C(=O)C2CCCN(c3cnn(Cc4ccccc4)c(=O)c3)C2)CC1. The Bertz CT molecular complexity index is 934. The van der Waals surface area contributed by atoms with Crippen LogP contribution in [0.4, 0.5) is 5.69 Å². The normalized spacial score (nSPS) is 20.3. The number of carbonyl (C=O) groups excluding carboxylic acids is 1. The van der Waals surface area contributed by atoms with Crippen molar-refractivity contribution in [2.45, 2.75) is 39.3 Å². The molecule has 0 aliphatic carbocycles. The molecule has 2 aromatic rings. The van der Waals surface area contributed by atoms with E-state index in [-0.39, 0.29) is 17.4 Å². The van der Waals surface area contributed by atoms with Crippen LogP contribution in [0.1, 0.15) is 32.3 Å². The smallest absolute Gasteiger partial charge is 0.269 e. The van der Waals surface area contributed by atoms with Gasteiger partial charge in [-0.15, -0.1) is 0 Å².